The zero-order valence-corrected chi connectivity index (χ0v) is 11.5. The topological polar surface area (TPSA) is 60.5 Å². The normalized spacial score (nSPS) is 19.6. The molecule has 5 nitrogen and oxygen atoms in total. The number of ether oxygens (including phenoxy) is 2. The van der Waals surface area contributed by atoms with Crippen molar-refractivity contribution >= 4 is 5.91 Å². The molecule has 1 amide bonds. The average Bonchev–Trinajstić information content (AvgIpc) is 3.31. The molecule has 1 aromatic heterocycles. The van der Waals surface area contributed by atoms with Gasteiger partial charge in [-0.05, 0) is 24.8 Å². The van der Waals surface area contributed by atoms with E-state index in [1.807, 2.05) is 0 Å². The number of carbonyl (C=O) groups excluding carboxylic acids is 1. The molecule has 1 aliphatic heterocycles. The van der Waals surface area contributed by atoms with Crippen molar-refractivity contribution in [1.82, 2.24) is 10.3 Å². The summed E-state index contributed by atoms with van der Waals surface area (Å²) >= 11 is 0. The molecule has 0 bridgehead atoms. The molecule has 2 aliphatic rings. The van der Waals surface area contributed by atoms with Crippen LogP contribution < -0.4 is 10.1 Å². The first kappa shape index (κ1) is 13.4. The van der Waals surface area contributed by atoms with E-state index in [0.29, 0.717) is 17.4 Å². The molecule has 1 N–H and O–H groups in total. The van der Waals surface area contributed by atoms with Gasteiger partial charge in [0.05, 0.1) is 18.8 Å². The zero-order chi connectivity index (χ0) is 13.8. The number of aromatic nitrogens is 1. The lowest BCUT2D eigenvalue weighted by molar-refractivity contribution is 0.0237. The predicted octanol–water partition coefficient (Wildman–Crippen LogP) is 1.78. The van der Waals surface area contributed by atoms with Crippen LogP contribution in [0.15, 0.2) is 18.3 Å². The van der Waals surface area contributed by atoms with E-state index in [1.54, 1.807) is 18.3 Å². The molecule has 0 aromatic carbocycles. The van der Waals surface area contributed by atoms with Crippen LogP contribution >= 0.6 is 0 Å². The maximum Gasteiger partial charge on any atom is 0.252 e. The first-order valence-electron chi connectivity index (χ1n) is 7.30. The Morgan fingerprint density at radius 1 is 1.30 bits per heavy atom. The summed E-state index contributed by atoms with van der Waals surface area (Å²) in [5.74, 6) is 1.21. The van der Waals surface area contributed by atoms with Gasteiger partial charge in [0.2, 0.25) is 5.88 Å². The molecule has 1 saturated heterocycles. The van der Waals surface area contributed by atoms with Crippen molar-refractivity contribution in [3.63, 3.8) is 0 Å². The number of carbonyl (C=O) groups is 1. The first-order chi connectivity index (χ1) is 9.81. The number of rotatable bonds is 5. The molecule has 1 aliphatic carbocycles. The molecule has 0 atom stereocenters. The summed E-state index contributed by atoms with van der Waals surface area (Å²) in [5, 5.41) is 2.93. The standard InChI is InChI=1S/C15H20N2O3/c18-15(17-9-11-1-2-11)12-3-4-14(16-10-12)20-13-5-7-19-8-6-13/h3-4,10-11,13H,1-2,5-9H2,(H,17,18). The summed E-state index contributed by atoms with van der Waals surface area (Å²) in [4.78, 5) is 16.1. The zero-order valence-electron chi connectivity index (χ0n) is 11.5. The van der Waals surface area contributed by atoms with Crippen molar-refractivity contribution in [3.8, 4) is 5.88 Å². The largest absolute Gasteiger partial charge is 0.474 e. The Hall–Kier alpha value is -1.62. The second-order valence-electron chi connectivity index (χ2n) is 5.47. The maximum atomic E-state index is 11.9. The molecule has 2 heterocycles. The van der Waals surface area contributed by atoms with Crippen molar-refractivity contribution in [3.05, 3.63) is 23.9 Å². The Bertz CT molecular complexity index is 451. The highest BCUT2D eigenvalue weighted by Crippen LogP contribution is 2.27. The summed E-state index contributed by atoms with van der Waals surface area (Å²) in [6.07, 6.45) is 6.01. The predicted molar refractivity (Wildman–Crippen MR) is 73.8 cm³/mol. The summed E-state index contributed by atoms with van der Waals surface area (Å²) < 4.78 is 11.1. The molecule has 108 valence electrons. The Labute approximate surface area is 118 Å². The van der Waals surface area contributed by atoms with Gasteiger partial charge in [-0.25, -0.2) is 4.98 Å². The molecule has 0 spiro atoms. The molecule has 20 heavy (non-hydrogen) atoms. The third-order valence-corrected chi connectivity index (χ3v) is 3.70. The van der Waals surface area contributed by atoms with Crippen LogP contribution in [0.3, 0.4) is 0 Å². The summed E-state index contributed by atoms with van der Waals surface area (Å²) in [6, 6.07) is 3.53. The highest BCUT2D eigenvalue weighted by Gasteiger charge is 2.22. The summed E-state index contributed by atoms with van der Waals surface area (Å²) in [7, 11) is 0. The molecule has 1 aromatic rings. The van der Waals surface area contributed by atoms with Crippen LogP contribution in [0.5, 0.6) is 5.88 Å². The monoisotopic (exact) mass is 276 g/mol. The van der Waals surface area contributed by atoms with Gasteiger partial charge in [-0.15, -0.1) is 0 Å². The van der Waals surface area contributed by atoms with Crippen LogP contribution in [-0.4, -0.2) is 36.8 Å². The molecule has 5 heteroatoms. The Morgan fingerprint density at radius 3 is 2.75 bits per heavy atom. The van der Waals surface area contributed by atoms with Crippen LogP contribution in [-0.2, 0) is 4.74 Å². The lowest BCUT2D eigenvalue weighted by Crippen LogP contribution is -2.27. The number of hydrogen-bond donors (Lipinski definition) is 1. The Kier molecular flexibility index (Phi) is 4.16. The van der Waals surface area contributed by atoms with Crippen molar-refractivity contribution in [2.45, 2.75) is 31.8 Å². The van der Waals surface area contributed by atoms with Crippen molar-refractivity contribution < 1.29 is 14.3 Å². The van der Waals surface area contributed by atoms with Gasteiger partial charge in [-0.3, -0.25) is 4.79 Å². The van der Waals surface area contributed by atoms with Gasteiger partial charge >= 0.3 is 0 Å². The van der Waals surface area contributed by atoms with E-state index in [-0.39, 0.29) is 12.0 Å². The van der Waals surface area contributed by atoms with Gasteiger partial charge in [-0.1, -0.05) is 0 Å². The van der Waals surface area contributed by atoms with E-state index >= 15 is 0 Å². The maximum absolute atomic E-state index is 11.9. The third-order valence-electron chi connectivity index (χ3n) is 3.70. The van der Waals surface area contributed by atoms with Crippen LogP contribution in [0.2, 0.25) is 0 Å². The number of amides is 1. The van der Waals surface area contributed by atoms with Gasteiger partial charge in [0.25, 0.3) is 5.91 Å². The third kappa shape index (κ3) is 3.70. The van der Waals surface area contributed by atoms with E-state index in [9.17, 15) is 4.79 Å². The Balaban J connectivity index is 1.51. The fourth-order valence-electron chi connectivity index (χ4n) is 2.21. The minimum atomic E-state index is -0.0537. The number of pyridine rings is 1. The second kappa shape index (κ2) is 6.22. The van der Waals surface area contributed by atoms with Gasteiger partial charge in [0.15, 0.2) is 0 Å². The van der Waals surface area contributed by atoms with Crippen molar-refractivity contribution in [1.29, 1.82) is 0 Å². The first-order valence-corrected chi connectivity index (χ1v) is 7.30. The van der Waals surface area contributed by atoms with Crippen molar-refractivity contribution in [2.75, 3.05) is 19.8 Å². The lowest BCUT2D eigenvalue weighted by Gasteiger charge is -2.22. The van der Waals surface area contributed by atoms with Gasteiger partial charge in [-0.2, -0.15) is 0 Å². The fourth-order valence-corrected chi connectivity index (χ4v) is 2.21. The smallest absolute Gasteiger partial charge is 0.252 e. The van der Waals surface area contributed by atoms with Crippen LogP contribution in [0.1, 0.15) is 36.0 Å². The fraction of sp³-hybridized carbons (Fsp3) is 0.600. The molecular formula is C15H20N2O3. The molecule has 0 unspecified atom stereocenters. The highest BCUT2D eigenvalue weighted by molar-refractivity contribution is 5.93. The van der Waals surface area contributed by atoms with E-state index in [1.165, 1.54) is 12.8 Å². The van der Waals surface area contributed by atoms with E-state index < -0.39 is 0 Å². The minimum absolute atomic E-state index is 0.0537. The highest BCUT2D eigenvalue weighted by atomic mass is 16.5. The molecular weight excluding hydrogens is 256 g/mol. The Morgan fingerprint density at radius 2 is 2.10 bits per heavy atom. The number of nitrogens with one attached hydrogen (secondary N) is 1. The van der Waals surface area contributed by atoms with Crippen LogP contribution in [0, 0.1) is 5.92 Å². The lowest BCUT2D eigenvalue weighted by atomic mass is 10.1. The second-order valence-corrected chi connectivity index (χ2v) is 5.47. The molecule has 1 saturated carbocycles. The molecule has 0 radical (unpaired) electrons. The molecule has 2 fully saturated rings. The summed E-state index contributed by atoms with van der Waals surface area (Å²) in [5.41, 5.74) is 0.588. The van der Waals surface area contributed by atoms with E-state index in [0.717, 1.165) is 32.6 Å². The van der Waals surface area contributed by atoms with Crippen molar-refractivity contribution in [2.24, 2.45) is 5.92 Å². The van der Waals surface area contributed by atoms with Crippen LogP contribution in [0.25, 0.3) is 0 Å². The van der Waals surface area contributed by atoms with E-state index in [2.05, 4.69) is 10.3 Å². The molecule has 3 rings (SSSR count). The SMILES string of the molecule is O=C(NCC1CC1)c1ccc(OC2CCOCC2)nc1. The van der Waals surface area contributed by atoms with E-state index in [4.69, 9.17) is 9.47 Å². The number of nitrogens with zero attached hydrogens (tertiary/aromatic N) is 1. The van der Waals surface area contributed by atoms with Gasteiger partial charge < -0.3 is 14.8 Å². The van der Waals surface area contributed by atoms with Gasteiger partial charge in [0.1, 0.15) is 6.10 Å². The average molecular weight is 276 g/mol. The van der Waals surface area contributed by atoms with Crippen LogP contribution in [0.4, 0.5) is 0 Å². The summed E-state index contributed by atoms with van der Waals surface area (Å²) in [6.45, 7) is 2.26. The number of hydrogen-bond acceptors (Lipinski definition) is 4. The minimum Gasteiger partial charge on any atom is -0.474 e. The quantitative estimate of drug-likeness (QED) is 0.890. The van der Waals surface area contributed by atoms with Gasteiger partial charge in [0, 0.05) is 31.6 Å².